The molecule has 4 nitrogen and oxygen atoms in total. The van der Waals surface area contributed by atoms with E-state index in [9.17, 15) is 15.3 Å². The zero-order chi connectivity index (χ0) is 9.14. The van der Waals surface area contributed by atoms with Gasteiger partial charge in [0.15, 0.2) is 0 Å². The van der Waals surface area contributed by atoms with Gasteiger partial charge in [-0.25, -0.2) is 0 Å². The molecule has 0 aromatic heterocycles. The van der Waals surface area contributed by atoms with Crippen LogP contribution in [0.25, 0.3) is 0 Å². The van der Waals surface area contributed by atoms with Crippen molar-refractivity contribution in [2.24, 2.45) is 5.73 Å². The topological polar surface area (TPSA) is 86.7 Å². The van der Waals surface area contributed by atoms with Crippen molar-refractivity contribution in [3.63, 3.8) is 0 Å². The quantitative estimate of drug-likeness (QED) is 0.505. The van der Waals surface area contributed by atoms with E-state index in [0.29, 0.717) is 0 Å². The lowest BCUT2D eigenvalue weighted by molar-refractivity contribution is 0.178. The summed E-state index contributed by atoms with van der Waals surface area (Å²) in [5.41, 5.74) is 5.25. The van der Waals surface area contributed by atoms with E-state index in [0.717, 1.165) is 0 Å². The average Bonchev–Trinajstić information content (AvgIpc) is 2.03. The first-order valence-electron chi connectivity index (χ1n) is 3.55. The van der Waals surface area contributed by atoms with Crippen LogP contribution in [0.5, 0.6) is 11.5 Å². The molecule has 0 aliphatic carbocycles. The summed E-state index contributed by atoms with van der Waals surface area (Å²) >= 11 is 0. The number of aromatic hydroxyl groups is 2. The Morgan fingerprint density at radius 2 is 1.75 bits per heavy atom. The van der Waals surface area contributed by atoms with Crippen LogP contribution in [0.4, 0.5) is 0 Å². The van der Waals surface area contributed by atoms with Crippen molar-refractivity contribution >= 4 is 0 Å². The van der Waals surface area contributed by atoms with Crippen LogP contribution in [0.1, 0.15) is 11.7 Å². The van der Waals surface area contributed by atoms with Crippen molar-refractivity contribution in [2.75, 3.05) is 6.54 Å². The molecule has 66 valence electrons. The van der Waals surface area contributed by atoms with Crippen molar-refractivity contribution in [1.82, 2.24) is 0 Å². The number of aliphatic hydroxyl groups excluding tert-OH is 1. The van der Waals surface area contributed by atoms with Crippen molar-refractivity contribution in [1.29, 1.82) is 0 Å². The molecule has 1 atom stereocenters. The maximum Gasteiger partial charge on any atom is 0.125 e. The van der Waals surface area contributed by atoms with Gasteiger partial charge in [0.05, 0.1) is 11.7 Å². The van der Waals surface area contributed by atoms with Crippen LogP contribution < -0.4 is 5.73 Å². The molecular formula is C8H11NO3. The molecule has 0 spiro atoms. The Bertz CT molecular complexity index is 255. The van der Waals surface area contributed by atoms with Crippen LogP contribution in [0.3, 0.4) is 0 Å². The van der Waals surface area contributed by atoms with Gasteiger partial charge in [-0.05, 0) is 12.1 Å². The van der Waals surface area contributed by atoms with Gasteiger partial charge in [-0.15, -0.1) is 0 Å². The number of hydrogen-bond donors (Lipinski definition) is 4. The highest BCUT2D eigenvalue weighted by molar-refractivity contribution is 5.44. The van der Waals surface area contributed by atoms with E-state index in [1.807, 2.05) is 0 Å². The second kappa shape index (κ2) is 3.42. The van der Waals surface area contributed by atoms with Crippen LogP contribution in [-0.4, -0.2) is 21.9 Å². The zero-order valence-electron chi connectivity index (χ0n) is 6.44. The SMILES string of the molecule is NCC(O)c1c(O)cccc1O. The van der Waals surface area contributed by atoms with Crippen molar-refractivity contribution in [3.05, 3.63) is 23.8 Å². The maximum absolute atomic E-state index is 9.25. The fourth-order valence-corrected chi connectivity index (χ4v) is 1.00. The lowest BCUT2D eigenvalue weighted by atomic mass is 10.1. The Hall–Kier alpha value is -1.26. The summed E-state index contributed by atoms with van der Waals surface area (Å²) in [6.07, 6.45) is -1.02. The number of phenolic OH excluding ortho intramolecular Hbond substituents is 2. The Kier molecular flexibility index (Phi) is 2.52. The molecule has 0 heterocycles. The molecule has 0 radical (unpaired) electrons. The van der Waals surface area contributed by atoms with Crippen LogP contribution in [-0.2, 0) is 0 Å². The molecule has 0 aliphatic rings. The summed E-state index contributed by atoms with van der Waals surface area (Å²) in [5.74, 6) is -0.291. The first-order chi connectivity index (χ1) is 5.66. The van der Waals surface area contributed by atoms with Gasteiger partial charge in [0.1, 0.15) is 11.5 Å². The largest absolute Gasteiger partial charge is 0.507 e. The van der Waals surface area contributed by atoms with E-state index in [2.05, 4.69) is 0 Å². The third kappa shape index (κ3) is 1.49. The predicted octanol–water partition coefficient (Wildman–Crippen LogP) is 0.0899. The van der Waals surface area contributed by atoms with Crippen LogP contribution in [0.15, 0.2) is 18.2 Å². The van der Waals surface area contributed by atoms with Crippen LogP contribution >= 0.6 is 0 Å². The Balaban J connectivity index is 3.12. The number of benzene rings is 1. The van der Waals surface area contributed by atoms with E-state index < -0.39 is 6.10 Å². The highest BCUT2D eigenvalue weighted by Gasteiger charge is 2.14. The standard InChI is InChI=1S/C8H11NO3/c9-4-7(12)8-5(10)2-1-3-6(8)11/h1-3,7,10-12H,4,9H2. The highest BCUT2D eigenvalue weighted by atomic mass is 16.3. The zero-order valence-corrected chi connectivity index (χ0v) is 6.44. The summed E-state index contributed by atoms with van der Waals surface area (Å²) in [5, 5.41) is 27.7. The minimum Gasteiger partial charge on any atom is -0.507 e. The van der Waals surface area contributed by atoms with Crippen molar-refractivity contribution in [2.45, 2.75) is 6.10 Å². The number of aliphatic hydroxyl groups is 1. The number of phenols is 2. The molecule has 5 N–H and O–H groups in total. The van der Waals surface area contributed by atoms with E-state index >= 15 is 0 Å². The molecule has 4 heteroatoms. The van der Waals surface area contributed by atoms with Gasteiger partial charge >= 0.3 is 0 Å². The Labute approximate surface area is 69.9 Å². The van der Waals surface area contributed by atoms with E-state index in [-0.39, 0.29) is 23.6 Å². The van der Waals surface area contributed by atoms with E-state index in [1.165, 1.54) is 18.2 Å². The van der Waals surface area contributed by atoms with Crippen molar-refractivity contribution in [3.8, 4) is 11.5 Å². The van der Waals surface area contributed by atoms with Gasteiger partial charge in [0.2, 0.25) is 0 Å². The molecule has 0 amide bonds. The molecule has 1 aromatic rings. The second-order valence-electron chi connectivity index (χ2n) is 2.46. The lowest BCUT2D eigenvalue weighted by Gasteiger charge is -2.11. The van der Waals surface area contributed by atoms with Crippen LogP contribution in [0, 0.1) is 0 Å². The summed E-state index contributed by atoms with van der Waals surface area (Å²) in [7, 11) is 0. The van der Waals surface area contributed by atoms with Gasteiger partial charge in [-0.3, -0.25) is 0 Å². The summed E-state index contributed by atoms with van der Waals surface area (Å²) in [6.45, 7) is -0.0366. The summed E-state index contributed by atoms with van der Waals surface area (Å²) in [4.78, 5) is 0. The summed E-state index contributed by atoms with van der Waals surface area (Å²) in [6, 6.07) is 4.25. The minimum absolute atomic E-state index is 0.0366. The molecule has 0 aliphatic heterocycles. The third-order valence-corrected chi connectivity index (χ3v) is 1.62. The molecule has 1 rings (SSSR count). The predicted molar refractivity (Wildman–Crippen MR) is 43.8 cm³/mol. The molecule has 0 bridgehead atoms. The van der Waals surface area contributed by atoms with E-state index in [1.54, 1.807) is 0 Å². The molecule has 1 unspecified atom stereocenters. The number of hydrogen-bond acceptors (Lipinski definition) is 4. The highest BCUT2D eigenvalue weighted by Crippen LogP contribution is 2.31. The summed E-state index contributed by atoms with van der Waals surface area (Å²) < 4.78 is 0. The number of rotatable bonds is 2. The third-order valence-electron chi connectivity index (χ3n) is 1.62. The first-order valence-corrected chi connectivity index (χ1v) is 3.55. The molecule has 1 aromatic carbocycles. The monoisotopic (exact) mass is 169 g/mol. The molecule has 0 fully saturated rings. The fraction of sp³-hybridized carbons (Fsp3) is 0.250. The first kappa shape index (κ1) is 8.83. The van der Waals surface area contributed by atoms with Gasteiger partial charge in [-0.2, -0.15) is 0 Å². The van der Waals surface area contributed by atoms with Crippen molar-refractivity contribution < 1.29 is 15.3 Å². The average molecular weight is 169 g/mol. The van der Waals surface area contributed by atoms with Gasteiger partial charge in [0, 0.05) is 6.54 Å². The lowest BCUT2D eigenvalue weighted by Crippen LogP contribution is -2.11. The second-order valence-corrected chi connectivity index (χ2v) is 2.46. The molecule has 0 saturated heterocycles. The van der Waals surface area contributed by atoms with Gasteiger partial charge in [-0.1, -0.05) is 6.07 Å². The van der Waals surface area contributed by atoms with Gasteiger partial charge < -0.3 is 21.1 Å². The molecule has 12 heavy (non-hydrogen) atoms. The van der Waals surface area contributed by atoms with Gasteiger partial charge in [0.25, 0.3) is 0 Å². The number of nitrogens with two attached hydrogens (primary N) is 1. The normalized spacial score (nSPS) is 12.8. The maximum atomic E-state index is 9.25. The molecular weight excluding hydrogens is 158 g/mol. The Morgan fingerprint density at radius 3 is 2.17 bits per heavy atom. The fourth-order valence-electron chi connectivity index (χ4n) is 1.00. The molecule has 0 saturated carbocycles. The van der Waals surface area contributed by atoms with Crippen LogP contribution in [0.2, 0.25) is 0 Å². The van der Waals surface area contributed by atoms with E-state index in [4.69, 9.17) is 5.73 Å². The minimum atomic E-state index is -1.02. The Morgan fingerprint density at radius 1 is 1.25 bits per heavy atom. The smallest absolute Gasteiger partial charge is 0.125 e.